The van der Waals surface area contributed by atoms with Gasteiger partial charge in [0.15, 0.2) is 0 Å². The van der Waals surface area contributed by atoms with Gasteiger partial charge in [0.2, 0.25) is 0 Å². The molecule has 3 aromatic carbocycles. The summed E-state index contributed by atoms with van der Waals surface area (Å²) < 4.78 is 12.5. The maximum Gasteiger partial charge on any atom is 0.331 e. The van der Waals surface area contributed by atoms with Crippen LogP contribution in [0, 0.1) is 0 Å². The number of methoxy groups -OCH3 is 1. The number of hydrogen-bond acceptors (Lipinski definition) is 4. The molecule has 0 saturated heterocycles. The number of allylic oxidation sites excluding steroid dienone is 1. The van der Waals surface area contributed by atoms with E-state index in [1.54, 1.807) is 0 Å². The van der Waals surface area contributed by atoms with Gasteiger partial charge in [-0.25, -0.2) is 4.79 Å². The van der Waals surface area contributed by atoms with E-state index >= 15 is 0 Å². The molecule has 2 aliphatic rings. The highest BCUT2D eigenvalue weighted by atomic mass is 79.9. The lowest BCUT2D eigenvalue weighted by Gasteiger charge is -2.45. The van der Waals surface area contributed by atoms with Crippen LogP contribution in [0.3, 0.4) is 0 Å². The molecule has 0 atom stereocenters. The monoisotopic (exact) mass is 551 g/mol. The van der Waals surface area contributed by atoms with Gasteiger partial charge >= 0.3 is 5.97 Å². The molecule has 0 bridgehead atoms. The van der Waals surface area contributed by atoms with Crippen LogP contribution in [0.1, 0.15) is 42.4 Å². The highest BCUT2D eigenvalue weighted by Gasteiger charge is 2.51. The Kier molecular flexibility index (Phi) is 6.65. The Morgan fingerprint density at radius 1 is 1.00 bits per heavy atom. The van der Waals surface area contributed by atoms with Gasteiger partial charge in [-0.05, 0) is 78.8 Å². The summed E-state index contributed by atoms with van der Waals surface area (Å²) in [5, 5.41) is 4.09. The van der Waals surface area contributed by atoms with Crippen LogP contribution in [0.15, 0.2) is 77.3 Å². The van der Waals surface area contributed by atoms with Crippen LogP contribution in [0.4, 0.5) is 5.69 Å². The van der Waals surface area contributed by atoms with Crippen molar-refractivity contribution >= 4 is 45.3 Å². The lowest BCUT2D eigenvalue weighted by molar-refractivity contribution is -0.147. The first-order valence-corrected chi connectivity index (χ1v) is 12.9. The van der Waals surface area contributed by atoms with Crippen molar-refractivity contribution < 1.29 is 14.3 Å². The average Bonchev–Trinajstić information content (AvgIpc) is 3.14. The van der Waals surface area contributed by atoms with E-state index in [0.29, 0.717) is 24.5 Å². The largest absolute Gasteiger partial charge is 0.489 e. The predicted molar refractivity (Wildman–Crippen MR) is 144 cm³/mol. The Bertz CT molecular complexity index is 1270. The molecule has 1 N–H and O–H groups in total. The van der Waals surface area contributed by atoms with E-state index in [9.17, 15) is 4.79 Å². The quantitative estimate of drug-likeness (QED) is 0.322. The zero-order valence-electron chi connectivity index (χ0n) is 19.5. The number of carbonyl (C=O) groups is 1. The molecule has 0 aliphatic heterocycles. The first-order chi connectivity index (χ1) is 16.9. The molecule has 2 aliphatic carbocycles. The molecule has 0 aromatic heterocycles. The third kappa shape index (κ3) is 4.60. The lowest BCUT2D eigenvalue weighted by atomic mass is 9.65. The van der Waals surface area contributed by atoms with Gasteiger partial charge in [-0.3, -0.25) is 0 Å². The zero-order chi connectivity index (χ0) is 24.5. The van der Waals surface area contributed by atoms with Crippen molar-refractivity contribution in [2.45, 2.75) is 43.2 Å². The van der Waals surface area contributed by atoms with Gasteiger partial charge in [-0.1, -0.05) is 70.0 Å². The first-order valence-electron chi connectivity index (χ1n) is 11.8. The minimum Gasteiger partial charge on any atom is -0.489 e. The van der Waals surface area contributed by atoms with Gasteiger partial charge in [-0.2, -0.15) is 0 Å². The summed E-state index contributed by atoms with van der Waals surface area (Å²) in [6, 6.07) is 24.0. The van der Waals surface area contributed by atoms with Crippen molar-refractivity contribution in [2.75, 3.05) is 12.4 Å². The number of esters is 1. The molecular formula is C29H27BrClNO3. The van der Waals surface area contributed by atoms with Crippen LogP contribution >= 0.6 is 27.5 Å². The fourth-order valence-electron chi connectivity index (χ4n) is 5.34. The van der Waals surface area contributed by atoms with Crippen LogP contribution < -0.4 is 10.1 Å². The van der Waals surface area contributed by atoms with E-state index in [4.69, 9.17) is 21.1 Å². The molecule has 35 heavy (non-hydrogen) atoms. The Hall–Kier alpha value is -2.76. The number of fused-ring (bicyclic) bond motifs is 2. The third-order valence-corrected chi connectivity index (χ3v) is 8.49. The molecule has 0 heterocycles. The molecule has 5 rings (SSSR count). The number of benzene rings is 3. The number of ether oxygens (including phenoxy) is 2. The number of hydrogen-bond donors (Lipinski definition) is 1. The van der Waals surface area contributed by atoms with Gasteiger partial charge in [0.25, 0.3) is 0 Å². The number of rotatable bonds is 6. The zero-order valence-corrected chi connectivity index (χ0v) is 21.9. The molecule has 0 amide bonds. The predicted octanol–water partition coefficient (Wildman–Crippen LogP) is 7.50. The summed E-state index contributed by atoms with van der Waals surface area (Å²) in [6.07, 6.45) is 5.04. The lowest BCUT2D eigenvalue weighted by Crippen LogP contribution is -2.52. The fourth-order valence-corrected chi connectivity index (χ4v) is 6.39. The van der Waals surface area contributed by atoms with Gasteiger partial charge in [-0.15, -0.1) is 0 Å². The second kappa shape index (κ2) is 9.71. The van der Waals surface area contributed by atoms with E-state index in [2.05, 4.69) is 51.6 Å². The number of anilines is 1. The normalized spacial score (nSPS) is 22.9. The second-order valence-electron chi connectivity index (χ2n) is 9.31. The molecule has 0 radical (unpaired) electrons. The van der Waals surface area contributed by atoms with Crippen LogP contribution in [-0.2, 0) is 21.6 Å². The van der Waals surface area contributed by atoms with Crippen molar-refractivity contribution in [1.82, 2.24) is 0 Å². The summed E-state index contributed by atoms with van der Waals surface area (Å²) in [5.74, 6) is 0.607. The minimum absolute atomic E-state index is 0.186. The molecule has 3 aromatic rings. The van der Waals surface area contributed by atoms with Crippen LogP contribution in [0.5, 0.6) is 5.75 Å². The number of nitrogens with one attached hydrogen (secondary N) is 1. The van der Waals surface area contributed by atoms with Gasteiger partial charge in [0, 0.05) is 20.6 Å². The second-order valence-corrected chi connectivity index (χ2v) is 10.6. The summed E-state index contributed by atoms with van der Waals surface area (Å²) in [6.45, 7) is 0.524. The van der Waals surface area contributed by atoms with Gasteiger partial charge in [0.05, 0.1) is 7.11 Å². The summed E-state index contributed by atoms with van der Waals surface area (Å²) in [7, 11) is 1.45. The smallest absolute Gasteiger partial charge is 0.331 e. The summed E-state index contributed by atoms with van der Waals surface area (Å²) in [5.41, 5.74) is 3.40. The maximum absolute atomic E-state index is 13.0. The molecule has 1 spiro atoms. The van der Waals surface area contributed by atoms with E-state index in [-0.39, 0.29) is 11.4 Å². The average molecular weight is 553 g/mol. The van der Waals surface area contributed by atoms with Gasteiger partial charge < -0.3 is 14.8 Å². The Morgan fingerprint density at radius 2 is 1.77 bits per heavy atom. The van der Waals surface area contributed by atoms with Crippen LogP contribution in [-0.4, -0.2) is 18.6 Å². The SMILES string of the molecule is COC(=O)C1(Nc2cccc(Cl)c2)CCC2(CC1)C(Br)=Cc1ccc(OCc3ccccc3)cc12. The van der Waals surface area contributed by atoms with Crippen molar-refractivity contribution in [3.63, 3.8) is 0 Å². The topological polar surface area (TPSA) is 47.6 Å². The van der Waals surface area contributed by atoms with E-state index in [1.807, 2.05) is 48.5 Å². The van der Waals surface area contributed by atoms with Crippen molar-refractivity contribution in [2.24, 2.45) is 0 Å². The van der Waals surface area contributed by atoms with Crippen LogP contribution in [0.2, 0.25) is 5.02 Å². The third-order valence-electron chi connectivity index (χ3n) is 7.27. The molecule has 4 nitrogen and oxygen atoms in total. The molecule has 1 fully saturated rings. The van der Waals surface area contributed by atoms with Crippen LogP contribution in [0.25, 0.3) is 6.08 Å². The molecule has 6 heteroatoms. The van der Waals surface area contributed by atoms with Crippen molar-refractivity contribution in [1.29, 1.82) is 0 Å². The maximum atomic E-state index is 13.0. The Balaban J connectivity index is 1.39. The fraction of sp³-hybridized carbons (Fsp3) is 0.276. The first kappa shape index (κ1) is 24.0. The highest BCUT2D eigenvalue weighted by molar-refractivity contribution is 9.11. The van der Waals surface area contributed by atoms with Crippen molar-refractivity contribution in [3.05, 3.63) is 99.0 Å². The molecular weight excluding hydrogens is 526 g/mol. The summed E-state index contributed by atoms with van der Waals surface area (Å²) >= 11 is 10.1. The molecule has 0 unspecified atom stereocenters. The standard InChI is InChI=1S/C29H27BrClNO3/c1-34-27(33)29(32-23-9-5-8-22(31)17-23)14-12-28(13-15-29)25-18-24(11-10-21(25)16-26(28)30)35-19-20-6-3-2-4-7-20/h2-11,16-18,32H,12-15,19H2,1H3. The minimum atomic E-state index is -0.803. The van der Waals surface area contributed by atoms with E-state index < -0.39 is 5.54 Å². The molecule has 1 saturated carbocycles. The highest BCUT2D eigenvalue weighted by Crippen LogP contribution is 2.56. The van der Waals surface area contributed by atoms with Gasteiger partial charge in [0.1, 0.15) is 17.9 Å². The number of halogens is 2. The molecule has 180 valence electrons. The Labute approximate surface area is 219 Å². The van der Waals surface area contributed by atoms with Crippen molar-refractivity contribution in [3.8, 4) is 5.75 Å². The van der Waals surface area contributed by atoms with E-state index in [1.165, 1.54) is 18.2 Å². The summed E-state index contributed by atoms with van der Waals surface area (Å²) in [4.78, 5) is 13.0. The number of carbonyl (C=O) groups excluding carboxylic acids is 1. The Morgan fingerprint density at radius 3 is 2.49 bits per heavy atom. The van der Waals surface area contributed by atoms with E-state index in [0.717, 1.165) is 34.3 Å².